The molecule has 2 heterocycles. The highest BCUT2D eigenvalue weighted by Gasteiger charge is 2.17. The predicted molar refractivity (Wildman–Crippen MR) is 131 cm³/mol. The number of ether oxygens (including phenoxy) is 2. The first kappa shape index (κ1) is 22.9. The van der Waals surface area contributed by atoms with E-state index in [0.717, 1.165) is 41.6 Å². The van der Waals surface area contributed by atoms with Gasteiger partial charge in [-0.25, -0.2) is 4.98 Å². The molecule has 33 heavy (non-hydrogen) atoms. The Morgan fingerprint density at radius 2 is 1.73 bits per heavy atom. The Morgan fingerprint density at radius 1 is 0.939 bits per heavy atom. The van der Waals surface area contributed by atoms with Gasteiger partial charge in [0.15, 0.2) is 11.6 Å². The summed E-state index contributed by atoms with van der Waals surface area (Å²) in [6.07, 6.45) is 8.12. The molecule has 2 aromatic heterocycles. The first-order valence-electron chi connectivity index (χ1n) is 12.0. The number of unbranched alkanes of at least 4 members (excludes halogenated alkanes) is 5. The fourth-order valence-corrected chi connectivity index (χ4v) is 3.98. The molecular formula is C27H34N4O2. The van der Waals surface area contributed by atoms with E-state index < -0.39 is 0 Å². The smallest absolute Gasteiger partial charge is 0.218 e. The second-order valence-corrected chi connectivity index (χ2v) is 8.65. The number of fused-ring (bicyclic) bond motifs is 1. The first-order chi connectivity index (χ1) is 16.1. The molecule has 1 N–H and O–H groups in total. The van der Waals surface area contributed by atoms with Gasteiger partial charge in [-0.05, 0) is 38.5 Å². The van der Waals surface area contributed by atoms with Gasteiger partial charge < -0.3 is 9.47 Å². The normalized spacial score (nSPS) is 11.2. The molecule has 0 aliphatic rings. The van der Waals surface area contributed by atoms with Gasteiger partial charge in [-0.15, -0.1) is 9.73 Å². The zero-order valence-corrected chi connectivity index (χ0v) is 19.9. The summed E-state index contributed by atoms with van der Waals surface area (Å²) in [6.45, 7) is 7.05. The number of H-pyrrole nitrogens is 1. The second-order valence-electron chi connectivity index (χ2n) is 8.65. The van der Waals surface area contributed by atoms with Gasteiger partial charge >= 0.3 is 0 Å². The van der Waals surface area contributed by atoms with Crippen molar-refractivity contribution >= 4 is 5.65 Å². The largest absolute Gasteiger partial charge is 0.493 e. The lowest BCUT2D eigenvalue weighted by Gasteiger charge is -2.11. The first-order valence-corrected chi connectivity index (χ1v) is 12.0. The minimum absolute atomic E-state index is 0.604. The van der Waals surface area contributed by atoms with E-state index in [2.05, 4.69) is 42.2 Å². The molecule has 6 nitrogen and oxygen atoms in total. The van der Waals surface area contributed by atoms with Crippen LogP contribution in [-0.4, -0.2) is 26.4 Å². The fraction of sp³-hybridized carbons (Fsp3) is 0.407. The van der Waals surface area contributed by atoms with Crippen LogP contribution in [-0.2, 0) is 6.42 Å². The Balaban J connectivity index is 1.45. The molecule has 0 spiro atoms. The zero-order valence-electron chi connectivity index (χ0n) is 19.9. The van der Waals surface area contributed by atoms with Crippen molar-refractivity contribution in [2.45, 2.75) is 65.7 Å². The maximum Gasteiger partial charge on any atom is 0.218 e. The molecule has 0 atom stereocenters. The summed E-state index contributed by atoms with van der Waals surface area (Å²) in [5.74, 6) is 3.12. The summed E-state index contributed by atoms with van der Waals surface area (Å²) >= 11 is 0. The number of hydrogen-bond donors (Lipinski definition) is 1. The van der Waals surface area contributed by atoms with Crippen molar-refractivity contribution in [2.24, 2.45) is 0 Å². The highest BCUT2D eigenvalue weighted by Crippen LogP contribution is 2.29. The van der Waals surface area contributed by atoms with E-state index in [-0.39, 0.29) is 0 Å². The van der Waals surface area contributed by atoms with E-state index in [1.807, 2.05) is 37.3 Å². The number of rotatable bonds is 12. The molecule has 2 aromatic carbocycles. The van der Waals surface area contributed by atoms with Gasteiger partial charge in [0.25, 0.3) is 0 Å². The maximum absolute atomic E-state index is 6.15. The molecule has 174 valence electrons. The summed E-state index contributed by atoms with van der Waals surface area (Å²) in [5.41, 5.74) is 3.88. The summed E-state index contributed by atoms with van der Waals surface area (Å²) in [7, 11) is 0. The Labute approximate surface area is 195 Å². The van der Waals surface area contributed by atoms with Gasteiger partial charge in [0.1, 0.15) is 11.5 Å². The third kappa shape index (κ3) is 5.95. The minimum Gasteiger partial charge on any atom is -0.493 e. The molecule has 0 saturated carbocycles. The van der Waals surface area contributed by atoms with Crippen LogP contribution in [0.1, 0.15) is 68.1 Å². The number of hydrogen-bond acceptors (Lipinski definition) is 4. The van der Waals surface area contributed by atoms with Gasteiger partial charge in [-0.1, -0.05) is 74.9 Å². The van der Waals surface area contributed by atoms with E-state index in [0.29, 0.717) is 17.8 Å². The number of nitrogens with one attached hydrogen (secondary N) is 1. The third-order valence-electron chi connectivity index (χ3n) is 5.75. The summed E-state index contributed by atoms with van der Waals surface area (Å²) in [5, 5.41) is 7.88. The van der Waals surface area contributed by atoms with E-state index in [1.165, 1.54) is 37.7 Å². The molecule has 0 amide bonds. The van der Waals surface area contributed by atoms with Crippen LogP contribution in [0.4, 0.5) is 0 Å². The number of benzene rings is 2. The zero-order chi connectivity index (χ0) is 23.0. The lowest BCUT2D eigenvalue weighted by molar-refractivity contribution is 0.301. The van der Waals surface area contributed by atoms with Crippen molar-refractivity contribution in [3.63, 3.8) is 0 Å². The highest BCUT2D eigenvalue weighted by molar-refractivity contribution is 5.57. The van der Waals surface area contributed by atoms with Crippen LogP contribution in [0.25, 0.3) is 5.65 Å². The Morgan fingerprint density at radius 3 is 2.55 bits per heavy atom. The van der Waals surface area contributed by atoms with Crippen molar-refractivity contribution in [3.05, 3.63) is 71.2 Å². The molecule has 0 unspecified atom stereocenters. The number of aromatic amines is 1. The van der Waals surface area contributed by atoms with E-state index in [1.54, 1.807) is 4.63 Å². The monoisotopic (exact) mass is 446 g/mol. The Kier molecular flexibility index (Phi) is 7.66. The van der Waals surface area contributed by atoms with Gasteiger partial charge in [0.05, 0.1) is 12.3 Å². The van der Waals surface area contributed by atoms with Crippen LogP contribution in [0.2, 0.25) is 0 Å². The molecule has 4 rings (SSSR count). The maximum atomic E-state index is 6.15. The van der Waals surface area contributed by atoms with Gasteiger partial charge in [0.2, 0.25) is 5.65 Å². The average molecular weight is 447 g/mol. The van der Waals surface area contributed by atoms with Crippen molar-refractivity contribution < 1.29 is 9.47 Å². The molecule has 6 heteroatoms. The van der Waals surface area contributed by atoms with Crippen LogP contribution in [0.3, 0.4) is 0 Å². The molecule has 4 aromatic rings. The topological polar surface area (TPSA) is 64.4 Å². The molecule has 0 aliphatic heterocycles. The molecule has 0 saturated heterocycles. The fourth-order valence-electron chi connectivity index (χ4n) is 3.98. The van der Waals surface area contributed by atoms with Gasteiger partial charge in [-0.2, -0.15) is 0 Å². The SMILES string of the molecule is CCCCCCCCOc1ccc(C)cc1Cc1nc2c(Oc3ccccc3)c(C)[nH]n2n1. The summed E-state index contributed by atoms with van der Waals surface area (Å²) < 4.78 is 13.9. The van der Waals surface area contributed by atoms with Crippen LogP contribution in [0.5, 0.6) is 17.2 Å². The van der Waals surface area contributed by atoms with Crippen LogP contribution in [0.15, 0.2) is 48.5 Å². The van der Waals surface area contributed by atoms with E-state index in [9.17, 15) is 0 Å². The van der Waals surface area contributed by atoms with Crippen LogP contribution < -0.4 is 9.47 Å². The van der Waals surface area contributed by atoms with Crippen molar-refractivity contribution in [3.8, 4) is 17.2 Å². The van der Waals surface area contributed by atoms with E-state index in [4.69, 9.17) is 14.5 Å². The summed E-state index contributed by atoms with van der Waals surface area (Å²) in [6, 6.07) is 16.1. The number of aryl methyl sites for hydroxylation is 2. The molecule has 0 radical (unpaired) electrons. The number of aromatic nitrogens is 4. The third-order valence-corrected chi connectivity index (χ3v) is 5.75. The molecule has 0 aliphatic carbocycles. The quantitative estimate of drug-likeness (QED) is 0.243. The predicted octanol–water partition coefficient (Wildman–Crippen LogP) is 6.80. The average Bonchev–Trinajstić information content (AvgIpc) is 3.32. The van der Waals surface area contributed by atoms with E-state index >= 15 is 0 Å². The van der Waals surface area contributed by atoms with Crippen LogP contribution in [0, 0.1) is 13.8 Å². The van der Waals surface area contributed by atoms with Gasteiger partial charge in [-0.3, -0.25) is 5.10 Å². The van der Waals surface area contributed by atoms with Gasteiger partial charge in [0, 0.05) is 12.0 Å². The standard InChI is InChI=1S/C27H34N4O2/c1-4-5-6-7-8-12-17-32-24-16-15-20(2)18-22(24)19-25-28-27-26(21(3)29-31(27)30-25)33-23-13-10-9-11-14-23/h9-11,13-16,18,29H,4-8,12,17,19H2,1-3H3. The second kappa shape index (κ2) is 11.0. The molecule has 0 bridgehead atoms. The van der Waals surface area contributed by atoms with Crippen molar-refractivity contribution in [2.75, 3.05) is 6.61 Å². The summed E-state index contributed by atoms with van der Waals surface area (Å²) in [4.78, 5) is 4.77. The lowest BCUT2D eigenvalue weighted by Crippen LogP contribution is -2.02. The molecule has 0 fully saturated rings. The number of nitrogens with zero attached hydrogens (tertiary/aromatic N) is 3. The van der Waals surface area contributed by atoms with Crippen LogP contribution >= 0.6 is 0 Å². The Bertz CT molecular complexity index is 1160. The van der Waals surface area contributed by atoms with Crippen molar-refractivity contribution in [1.82, 2.24) is 19.8 Å². The lowest BCUT2D eigenvalue weighted by atomic mass is 10.1. The number of para-hydroxylation sites is 1. The highest BCUT2D eigenvalue weighted by atomic mass is 16.5. The molecular weight excluding hydrogens is 412 g/mol. The Hall–Kier alpha value is -3.28. The van der Waals surface area contributed by atoms with Crippen molar-refractivity contribution in [1.29, 1.82) is 0 Å². The minimum atomic E-state index is 0.604.